The Morgan fingerprint density at radius 3 is 2.33 bits per heavy atom. The van der Waals surface area contributed by atoms with Crippen LogP contribution in [0, 0.1) is 22.7 Å². The quantitative estimate of drug-likeness (QED) is 0.753. The molecule has 0 aromatic heterocycles. The Labute approximate surface area is 110 Å². The number of nitrogens with zero attached hydrogens (tertiary/aromatic N) is 2. The number of nitriles is 1. The largest absolute Gasteiger partial charge is 0.342 e. The van der Waals surface area contributed by atoms with Crippen molar-refractivity contribution in [1.82, 2.24) is 4.90 Å². The SMILES string of the molecule is CCC(C#N)C(=O)N1CCC2(CCCCC2)CC1. The molecule has 2 aliphatic rings. The molecule has 1 amide bonds. The van der Waals surface area contributed by atoms with E-state index >= 15 is 0 Å². The van der Waals surface area contributed by atoms with Crippen molar-refractivity contribution in [3.05, 3.63) is 0 Å². The molecule has 0 radical (unpaired) electrons. The van der Waals surface area contributed by atoms with Crippen molar-refractivity contribution in [1.29, 1.82) is 5.26 Å². The third kappa shape index (κ3) is 2.68. The van der Waals surface area contributed by atoms with Gasteiger partial charge in [-0.05, 0) is 37.5 Å². The van der Waals surface area contributed by atoms with Gasteiger partial charge in [0.25, 0.3) is 0 Å². The van der Waals surface area contributed by atoms with Crippen molar-refractivity contribution in [2.75, 3.05) is 13.1 Å². The number of rotatable bonds is 2. The van der Waals surface area contributed by atoms with Crippen LogP contribution >= 0.6 is 0 Å². The normalized spacial score (nSPS) is 24.6. The topological polar surface area (TPSA) is 44.1 Å². The average Bonchev–Trinajstić information content (AvgIpc) is 2.42. The Kier molecular flexibility index (Phi) is 4.27. The Bertz CT molecular complexity index is 329. The lowest BCUT2D eigenvalue weighted by Gasteiger charge is -2.44. The molecule has 0 bridgehead atoms. The van der Waals surface area contributed by atoms with Crippen LogP contribution in [0.15, 0.2) is 0 Å². The van der Waals surface area contributed by atoms with E-state index in [0.29, 0.717) is 11.8 Å². The Hall–Kier alpha value is -1.04. The van der Waals surface area contributed by atoms with Crippen LogP contribution in [-0.4, -0.2) is 23.9 Å². The van der Waals surface area contributed by atoms with Crippen LogP contribution in [0.5, 0.6) is 0 Å². The zero-order valence-electron chi connectivity index (χ0n) is 11.5. The Morgan fingerprint density at radius 1 is 1.22 bits per heavy atom. The highest BCUT2D eigenvalue weighted by Gasteiger charge is 2.37. The molecule has 1 heterocycles. The first-order valence-electron chi connectivity index (χ1n) is 7.39. The number of carbonyl (C=O) groups is 1. The predicted octanol–water partition coefficient (Wildman–Crippen LogP) is 3.11. The summed E-state index contributed by atoms with van der Waals surface area (Å²) in [6.45, 7) is 3.66. The van der Waals surface area contributed by atoms with Gasteiger partial charge in [-0.1, -0.05) is 26.2 Å². The van der Waals surface area contributed by atoms with Gasteiger partial charge in [0.15, 0.2) is 0 Å². The van der Waals surface area contributed by atoms with Crippen LogP contribution in [0.1, 0.15) is 58.3 Å². The maximum Gasteiger partial charge on any atom is 0.239 e. The van der Waals surface area contributed by atoms with Gasteiger partial charge < -0.3 is 4.90 Å². The molecule has 0 aromatic rings. The zero-order chi connectivity index (χ0) is 13.0. The van der Waals surface area contributed by atoms with Crippen LogP contribution in [0.4, 0.5) is 0 Å². The molecular weight excluding hydrogens is 224 g/mol. The van der Waals surface area contributed by atoms with Gasteiger partial charge in [-0.25, -0.2) is 0 Å². The highest BCUT2D eigenvalue weighted by Crippen LogP contribution is 2.44. The second kappa shape index (κ2) is 5.73. The van der Waals surface area contributed by atoms with Crippen molar-refractivity contribution in [2.45, 2.75) is 58.3 Å². The van der Waals surface area contributed by atoms with Crippen molar-refractivity contribution in [2.24, 2.45) is 11.3 Å². The molecule has 18 heavy (non-hydrogen) atoms. The van der Waals surface area contributed by atoms with Crippen molar-refractivity contribution in [3.63, 3.8) is 0 Å². The summed E-state index contributed by atoms with van der Waals surface area (Å²) in [4.78, 5) is 14.1. The van der Waals surface area contributed by atoms with E-state index in [-0.39, 0.29) is 5.91 Å². The van der Waals surface area contributed by atoms with Crippen molar-refractivity contribution >= 4 is 5.91 Å². The summed E-state index contributed by atoms with van der Waals surface area (Å²) < 4.78 is 0. The van der Waals surface area contributed by atoms with E-state index in [9.17, 15) is 4.79 Å². The summed E-state index contributed by atoms with van der Waals surface area (Å²) >= 11 is 0. The Balaban J connectivity index is 1.90. The Morgan fingerprint density at radius 2 is 1.83 bits per heavy atom. The van der Waals surface area contributed by atoms with E-state index < -0.39 is 5.92 Å². The molecule has 100 valence electrons. The lowest BCUT2D eigenvalue weighted by atomic mass is 9.68. The minimum absolute atomic E-state index is 0.0608. The number of likely N-dealkylation sites (tertiary alicyclic amines) is 1. The zero-order valence-corrected chi connectivity index (χ0v) is 11.5. The van der Waals surface area contributed by atoms with Crippen molar-refractivity contribution in [3.8, 4) is 6.07 Å². The van der Waals surface area contributed by atoms with E-state index in [0.717, 1.165) is 25.9 Å². The van der Waals surface area contributed by atoms with Crippen LogP contribution in [0.3, 0.4) is 0 Å². The molecule has 3 heteroatoms. The number of hydrogen-bond acceptors (Lipinski definition) is 2. The fraction of sp³-hybridized carbons (Fsp3) is 0.867. The number of piperidine rings is 1. The first-order chi connectivity index (χ1) is 8.71. The van der Waals surface area contributed by atoms with Crippen LogP contribution < -0.4 is 0 Å². The molecule has 2 fully saturated rings. The van der Waals surface area contributed by atoms with E-state index in [4.69, 9.17) is 5.26 Å². The smallest absolute Gasteiger partial charge is 0.239 e. The van der Waals surface area contributed by atoms with Gasteiger partial charge in [-0.2, -0.15) is 5.26 Å². The second-order valence-electron chi connectivity index (χ2n) is 5.98. The molecule has 3 nitrogen and oxygen atoms in total. The van der Waals surface area contributed by atoms with Gasteiger partial charge in [0, 0.05) is 13.1 Å². The number of hydrogen-bond donors (Lipinski definition) is 0. The summed E-state index contributed by atoms with van der Waals surface area (Å²) in [5.74, 6) is -0.365. The minimum atomic E-state index is -0.426. The third-order valence-corrected chi connectivity index (χ3v) is 4.91. The average molecular weight is 248 g/mol. The highest BCUT2D eigenvalue weighted by molar-refractivity contribution is 5.81. The van der Waals surface area contributed by atoms with Gasteiger partial charge in [-0.15, -0.1) is 0 Å². The fourth-order valence-corrected chi connectivity index (χ4v) is 3.54. The third-order valence-electron chi connectivity index (χ3n) is 4.91. The summed E-state index contributed by atoms with van der Waals surface area (Å²) in [5.41, 5.74) is 0.531. The highest BCUT2D eigenvalue weighted by atomic mass is 16.2. The summed E-state index contributed by atoms with van der Waals surface area (Å²) in [6, 6.07) is 2.13. The van der Waals surface area contributed by atoms with Gasteiger partial charge in [-0.3, -0.25) is 4.79 Å². The molecule has 1 saturated carbocycles. The standard InChI is InChI=1S/C15H24N2O/c1-2-13(12-16)14(18)17-10-8-15(9-11-17)6-4-3-5-7-15/h13H,2-11H2,1H3. The molecule has 1 unspecified atom stereocenters. The number of carbonyl (C=O) groups excluding carboxylic acids is 1. The van der Waals surface area contributed by atoms with Crippen LogP contribution in [0.25, 0.3) is 0 Å². The maximum atomic E-state index is 12.1. The molecular formula is C15H24N2O. The molecule has 1 aliphatic carbocycles. The van der Waals surface area contributed by atoms with Crippen molar-refractivity contribution < 1.29 is 4.79 Å². The minimum Gasteiger partial charge on any atom is -0.342 e. The molecule has 1 atom stereocenters. The van der Waals surface area contributed by atoms with Crippen LogP contribution in [0.2, 0.25) is 0 Å². The van der Waals surface area contributed by atoms with Gasteiger partial charge in [0.1, 0.15) is 5.92 Å². The molecule has 1 aliphatic heterocycles. The lowest BCUT2D eigenvalue weighted by molar-refractivity contribution is -0.136. The predicted molar refractivity (Wildman–Crippen MR) is 70.7 cm³/mol. The molecule has 1 saturated heterocycles. The van der Waals surface area contributed by atoms with E-state index in [2.05, 4.69) is 6.07 Å². The first-order valence-corrected chi connectivity index (χ1v) is 7.39. The molecule has 0 N–H and O–H groups in total. The summed E-state index contributed by atoms with van der Waals surface area (Å²) in [6.07, 6.45) is 9.76. The van der Waals surface area contributed by atoms with Gasteiger partial charge >= 0.3 is 0 Å². The maximum absolute atomic E-state index is 12.1. The lowest BCUT2D eigenvalue weighted by Crippen LogP contribution is -2.45. The number of amides is 1. The molecule has 1 spiro atoms. The monoisotopic (exact) mass is 248 g/mol. The van der Waals surface area contributed by atoms with E-state index in [1.807, 2.05) is 11.8 Å². The fourth-order valence-electron chi connectivity index (χ4n) is 3.54. The second-order valence-corrected chi connectivity index (χ2v) is 5.98. The van der Waals surface area contributed by atoms with Crippen LogP contribution in [-0.2, 0) is 4.79 Å². The summed E-state index contributed by atoms with van der Waals surface area (Å²) in [5, 5.41) is 8.97. The van der Waals surface area contributed by atoms with E-state index in [1.54, 1.807) is 0 Å². The van der Waals surface area contributed by atoms with Gasteiger partial charge in [0.05, 0.1) is 6.07 Å². The first kappa shape index (κ1) is 13.4. The molecule has 0 aromatic carbocycles. The van der Waals surface area contributed by atoms with E-state index in [1.165, 1.54) is 32.1 Å². The summed E-state index contributed by atoms with van der Waals surface area (Å²) in [7, 11) is 0. The van der Waals surface area contributed by atoms with Gasteiger partial charge in [0.2, 0.25) is 5.91 Å². The molecule has 2 rings (SSSR count).